The predicted molar refractivity (Wildman–Crippen MR) is 98.5 cm³/mol. The predicted octanol–water partition coefficient (Wildman–Crippen LogP) is 3.38. The normalized spacial score (nSPS) is 10.9. The summed E-state index contributed by atoms with van der Waals surface area (Å²) >= 11 is 0. The highest BCUT2D eigenvalue weighted by atomic mass is 16.5. The van der Waals surface area contributed by atoms with Gasteiger partial charge < -0.3 is 4.74 Å². The summed E-state index contributed by atoms with van der Waals surface area (Å²) in [7, 11) is 1.66. The fourth-order valence-electron chi connectivity index (χ4n) is 3.02. The first kappa shape index (κ1) is 17.0. The molecule has 0 atom stereocenters. The second kappa shape index (κ2) is 6.59. The van der Waals surface area contributed by atoms with Gasteiger partial charge in [-0.2, -0.15) is 5.10 Å². The van der Waals surface area contributed by atoms with E-state index in [2.05, 4.69) is 17.2 Å². The molecule has 3 aromatic rings. The van der Waals surface area contributed by atoms with E-state index in [1.807, 2.05) is 52.0 Å². The highest BCUT2D eigenvalue weighted by Crippen LogP contribution is 2.24. The van der Waals surface area contributed by atoms with Crippen LogP contribution in [0.5, 0.6) is 5.75 Å². The Kier molecular flexibility index (Phi) is 4.49. The minimum absolute atomic E-state index is 0.153. The van der Waals surface area contributed by atoms with Crippen LogP contribution >= 0.6 is 0 Å². The molecule has 0 saturated heterocycles. The van der Waals surface area contributed by atoms with Crippen LogP contribution in [-0.2, 0) is 13.7 Å². The third-order valence-corrected chi connectivity index (χ3v) is 4.36. The van der Waals surface area contributed by atoms with Gasteiger partial charge in [0, 0.05) is 12.6 Å². The van der Waals surface area contributed by atoms with Crippen molar-refractivity contribution < 1.29 is 4.74 Å². The smallest absolute Gasteiger partial charge is 0.350 e. The zero-order valence-electron chi connectivity index (χ0n) is 15.3. The van der Waals surface area contributed by atoms with E-state index in [-0.39, 0.29) is 5.69 Å². The number of aromatic nitrogens is 3. The molecule has 0 aliphatic carbocycles. The number of hydrogen-bond acceptors (Lipinski definition) is 3. The summed E-state index contributed by atoms with van der Waals surface area (Å²) in [5, 5.41) is 4.24. The molecule has 1 aromatic heterocycles. The van der Waals surface area contributed by atoms with Crippen LogP contribution in [0, 0.1) is 27.7 Å². The van der Waals surface area contributed by atoms with Crippen molar-refractivity contribution in [3.63, 3.8) is 0 Å². The number of aryl methyl sites for hydroxylation is 5. The molecule has 0 aliphatic heterocycles. The van der Waals surface area contributed by atoms with E-state index in [0.717, 1.165) is 33.7 Å². The quantitative estimate of drug-likeness (QED) is 0.733. The second-order valence-corrected chi connectivity index (χ2v) is 6.43. The third kappa shape index (κ3) is 3.22. The molecule has 0 saturated carbocycles. The van der Waals surface area contributed by atoms with Crippen molar-refractivity contribution in [2.24, 2.45) is 7.05 Å². The molecule has 3 rings (SSSR count). The number of ether oxygens (including phenoxy) is 1. The van der Waals surface area contributed by atoms with Gasteiger partial charge in [0.2, 0.25) is 0 Å². The van der Waals surface area contributed by atoms with Crippen molar-refractivity contribution in [1.82, 2.24) is 14.3 Å². The fourth-order valence-corrected chi connectivity index (χ4v) is 3.02. The summed E-state index contributed by atoms with van der Waals surface area (Å²) in [5.41, 5.74) is 4.92. The molecule has 2 aromatic carbocycles. The Morgan fingerprint density at radius 1 is 1.04 bits per heavy atom. The van der Waals surface area contributed by atoms with Gasteiger partial charge in [-0.25, -0.2) is 14.0 Å². The van der Waals surface area contributed by atoms with Crippen molar-refractivity contribution in [3.8, 4) is 11.4 Å². The van der Waals surface area contributed by atoms with E-state index in [0.29, 0.717) is 12.4 Å². The maximum Gasteiger partial charge on any atom is 0.350 e. The van der Waals surface area contributed by atoms with Crippen molar-refractivity contribution in [1.29, 1.82) is 0 Å². The van der Waals surface area contributed by atoms with Crippen LogP contribution in [0.15, 0.2) is 41.2 Å². The van der Waals surface area contributed by atoms with Crippen molar-refractivity contribution in [3.05, 3.63) is 75.0 Å². The molecule has 1 heterocycles. The largest absolute Gasteiger partial charge is 0.489 e. The summed E-state index contributed by atoms with van der Waals surface area (Å²) in [6, 6.07) is 12.1. The Labute approximate surface area is 147 Å². The van der Waals surface area contributed by atoms with Gasteiger partial charge in [0.05, 0.1) is 5.69 Å². The molecule has 0 amide bonds. The molecule has 0 bridgehead atoms. The number of nitrogens with zero attached hydrogens (tertiary/aromatic N) is 3. The summed E-state index contributed by atoms with van der Waals surface area (Å²) in [4.78, 5) is 12.5. The lowest BCUT2D eigenvalue weighted by molar-refractivity contribution is 0.303. The van der Waals surface area contributed by atoms with Gasteiger partial charge >= 0.3 is 5.69 Å². The van der Waals surface area contributed by atoms with E-state index < -0.39 is 0 Å². The Balaban J connectivity index is 2.02. The molecular weight excluding hydrogens is 314 g/mol. The average Bonchev–Trinajstić information content (AvgIpc) is 2.81. The number of para-hydroxylation sites is 1. The van der Waals surface area contributed by atoms with E-state index in [4.69, 9.17) is 4.74 Å². The van der Waals surface area contributed by atoms with Gasteiger partial charge in [0.15, 0.2) is 0 Å². The van der Waals surface area contributed by atoms with Crippen molar-refractivity contribution in [2.75, 3.05) is 0 Å². The third-order valence-electron chi connectivity index (χ3n) is 4.36. The maximum absolute atomic E-state index is 12.5. The van der Waals surface area contributed by atoms with Crippen molar-refractivity contribution in [2.45, 2.75) is 34.3 Å². The van der Waals surface area contributed by atoms with Gasteiger partial charge in [-0.1, -0.05) is 30.3 Å². The first-order chi connectivity index (χ1) is 11.9. The minimum Gasteiger partial charge on any atom is -0.489 e. The molecule has 0 radical (unpaired) electrons. The Bertz CT molecular complexity index is 983. The zero-order chi connectivity index (χ0) is 18.1. The summed E-state index contributed by atoms with van der Waals surface area (Å²) in [6.07, 6.45) is 0. The molecule has 0 unspecified atom stereocenters. The molecule has 0 spiro atoms. The molecule has 130 valence electrons. The number of benzene rings is 2. The summed E-state index contributed by atoms with van der Waals surface area (Å²) < 4.78 is 9.07. The Hall–Kier alpha value is -2.82. The molecule has 25 heavy (non-hydrogen) atoms. The van der Waals surface area contributed by atoms with Crippen LogP contribution in [0.25, 0.3) is 5.69 Å². The molecule has 0 fully saturated rings. The van der Waals surface area contributed by atoms with Gasteiger partial charge in [-0.05, 0) is 50.5 Å². The standard InChI is InChI=1S/C20H23N3O2/c1-13-9-10-14(2)18(11-13)25-12-17-8-6-7-15(3)19(17)23-16(4)21-22(5)20(23)24/h6-11H,12H2,1-5H3. The summed E-state index contributed by atoms with van der Waals surface area (Å²) in [6.45, 7) is 8.30. The molecule has 5 heteroatoms. The maximum atomic E-state index is 12.5. The monoisotopic (exact) mass is 337 g/mol. The van der Waals surface area contributed by atoms with Crippen LogP contribution in [0.2, 0.25) is 0 Å². The lowest BCUT2D eigenvalue weighted by Crippen LogP contribution is -2.23. The molecule has 0 N–H and O–H groups in total. The highest BCUT2D eigenvalue weighted by Gasteiger charge is 2.16. The lowest BCUT2D eigenvalue weighted by atomic mass is 10.1. The Morgan fingerprint density at radius 3 is 2.48 bits per heavy atom. The molecule has 0 aliphatic rings. The topological polar surface area (TPSA) is 49.0 Å². The zero-order valence-corrected chi connectivity index (χ0v) is 15.3. The van der Waals surface area contributed by atoms with Crippen LogP contribution in [0.1, 0.15) is 28.1 Å². The fraction of sp³-hybridized carbons (Fsp3) is 0.300. The average molecular weight is 337 g/mol. The number of rotatable bonds is 4. The highest BCUT2D eigenvalue weighted by molar-refractivity contribution is 5.48. The molecular formula is C20H23N3O2. The van der Waals surface area contributed by atoms with E-state index in [9.17, 15) is 4.79 Å². The minimum atomic E-state index is -0.153. The van der Waals surface area contributed by atoms with Gasteiger partial charge in [-0.15, -0.1) is 0 Å². The second-order valence-electron chi connectivity index (χ2n) is 6.43. The number of hydrogen-bond donors (Lipinski definition) is 0. The first-order valence-corrected chi connectivity index (χ1v) is 8.30. The van der Waals surface area contributed by atoms with Crippen LogP contribution in [0.4, 0.5) is 0 Å². The van der Waals surface area contributed by atoms with Gasteiger partial charge in [0.1, 0.15) is 18.2 Å². The van der Waals surface area contributed by atoms with E-state index >= 15 is 0 Å². The summed E-state index contributed by atoms with van der Waals surface area (Å²) in [5.74, 6) is 1.53. The lowest BCUT2D eigenvalue weighted by Gasteiger charge is -2.15. The van der Waals surface area contributed by atoms with E-state index in [1.165, 1.54) is 4.68 Å². The SMILES string of the molecule is Cc1ccc(C)c(OCc2cccc(C)c2-n2c(C)nn(C)c2=O)c1. The first-order valence-electron chi connectivity index (χ1n) is 8.30. The van der Waals surface area contributed by atoms with Crippen LogP contribution < -0.4 is 10.4 Å². The van der Waals surface area contributed by atoms with E-state index in [1.54, 1.807) is 11.6 Å². The molecule has 5 nitrogen and oxygen atoms in total. The van der Waals surface area contributed by atoms with Crippen LogP contribution in [0.3, 0.4) is 0 Å². The van der Waals surface area contributed by atoms with Crippen molar-refractivity contribution >= 4 is 0 Å². The van der Waals surface area contributed by atoms with Gasteiger partial charge in [0.25, 0.3) is 0 Å². The van der Waals surface area contributed by atoms with Crippen LogP contribution in [-0.4, -0.2) is 14.3 Å². The van der Waals surface area contributed by atoms with Gasteiger partial charge in [-0.3, -0.25) is 0 Å². The Morgan fingerprint density at radius 2 is 1.80 bits per heavy atom.